The number of rotatable bonds is 5. The number of aryl methyl sites for hydroxylation is 1. The summed E-state index contributed by atoms with van der Waals surface area (Å²) in [5.74, 6) is -3.11. The van der Waals surface area contributed by atoms with E-state index in [1.165, 1.54) is 11.3 Å². The summed E-state index contributed by atoms with van der Waals surface area (Å²) in [6, 6.07) is 0. The van der Waals surface area contributed by atoms with Crippen molar-refractivity contribution < 1.29 is 24.2 Å². The highest BCUT2D eigenvalue weighted by atomic mass is 32.1. The van der Waals surface area contributed by atoms with Crippen molar-refractivity contribution in [2.24, 2.45) is 23.7 Å². The first kappa shape index (κ1) is 20.1. The van der Waals surface area contributed by atoms with Gasteiger partial charge in [0.2, 0.25) is 5.91 Å². The zero-order valence-electron chi connectivity index (χ0n) is 16.8. The highest BCUT2D eigenvalue weighted by Gasteiger charge is 2.48. The molecule has 4 aliphatic rings. The van der Waals surface area contributed by atoms with Gasteiger partial charge in [0.25, 0.3) is 0 Å². The van der Waals surface area contributed by atoms with Crippen molar-refractivity contribution in [3.63, 3.8) is 0 Å². The van der Waals surface area contributed by atoms with Crippen molar-refractivity contribution in [2.45, 2.75) is 58.5 Å². The van der Waals surface area contributed by atoms with Crippen LogP contribution in [0.2, 0.25) is 0 Å². The van der Waals surface area contributed by atoms with Crippen LogP contribution in [0.4, 0.5) is 5.00 Å². The van der Waals surface area contributed by atoms with Crippen LogP contribution in [0.1, 0.15) is 60.3 Å². The summed E-state index contributed by atoms with van der Waals surface area (Å²) < 4.78 is 5.45. The molecule has 1 heterocycles. The predicted octanol–water partition coefficient (Wildman–Crippen LogP) is 4.04. The van der Waals surface area contributed by atoms with E-state index in [0.717, 1.165) is 49.0 Å². The minimum Gasteiger partial charge on any atom is -0.481 e. The topological polar surface area (TPSA) is 92.7 Å². The largest absolute Gasteiger partial charge is 0.481 e. The molecule has 7 heteroatoms. The van der Waals surface area contributed by atoms with E-state index in [1.54, 1.807) is 13.8 Å². The van der Waals surface area contributed by atoms with Gasteiger partial charge in [-0.05, 0) is 69.8 Å². The number of ether oxygens (including phenoxy) is 1. The fourth-order valence-corrected chi connectivity index (χ4v) is 6.31. The van der Waals surface area contributed by atoms with Crippen molar-refractivity contribution in [2.75, 3.05) is 5.32 Å². The molecule has 2 bridgehead atoms. The maximum atomic E-state index is 13.2. The Labute approximate surface area is 174 Å². The summed E-state index contributed by atoms with van der Waals surface area (Å²) >= 11 is 1.44. The Hall–Kier alpha value is -2.15. The molecule has 2 N–H and O–H groups in total. The van der Waals surface area contributed by atoms with E-state index in [4.69, 9.17) is 4.74 Å². The summed E-state index contributed by atoms with van der Waals surface area (Å²) in [4.78, 5) is 39.0. The Morgan fingerprint density at radius 1 is 1.10 bits per heavy atom. The Balaban J connectivity index is 1.64. The van der Waals surface area contributed by atoms with Crippen LogP contribution in [0.15, 0.2) is 12.2 Å². The monoisotopic (exact) mass is 417 g/mol. The zero-order valence-corrected chi connectivity index (χ0v) is 17.6. The normalized spacial score (nSPS) is 27.6. The third-order valence-electron chi connectivity index (χ3n) is 6.29. The molecule has 1 amide bonds. The molecule has 0 aliphatic heterocycles. The number of hydrogen-bond donors (Lipinski definition) is 2. The zero-order chi connectivity index (χ0) is 20.7. The second-order valence-electron chi connectivity index (χ2n) is 8.54. The highest BCUT2D eigenvalue weighted by molar-refractivity contribution is 7.17. The number of thiophene rings is 1. The molecule has 4 aliphatic carbocycles. The number of fused-ring (bicyclic) bond motifs is 3. The Kier molecular flexibility index (Phi) is 5.51. The van der Waals surface area contributed by atoms with Crippen LogP contribution in [0.25, 0.3) is 0 Å². The molecule has 1 aromatic heterocycles. The van der Waals surface area contributed by atoms with Gasteiger partial charge in [-0.3, -0.25) is 9.59 Å². The van der Waals surface area contributed by atoms with Gasteiger partial charge in [-0.2, -0.15) is 0 Å². The van der Waals surface area contributed by atoms with E-state index >= 15 is 0 Å². The molecule has 5 rings (SSSR count). The second kappa shape index (κ2) is 7.94. The van der Waals surface area contributed by atoms with E-state index in [0.29, 0.717) is 10.6 Å². The SMILES string of the molecule is CC(C)OC(=O)c1c(NC(=O)C2C3C=CC(CC3)C2C(=O)O)sc2c1CCCC2. The minimum absolute atomic E-state index is 0.0678. The Morgan fingerprint density at radius 3 is 2.38 bits per heavy atom. The van der Waals surface area contributed by atoms with Crippen LogP contribution in [-0.4, -0.2) is 29.1 Å². The number of allylic oxidation sites excluding steroid dienone is 2. The first-order valence-electron chi connectivity index (χ1n) is 10.4. The van der Waals surface area contributed by atoms with Gasteiger partial charge >= 0.3 is 11.9 Å². The predicted molar refractivity (Wildman–Crippen MR) is 110 cm³/mol. The quantitative estimate of drug-likeness (QED) is 0.557. The summed E-state index contributed by atoms with van der Waals surface area (Å²) in [7, 11) is 0. The molecule has 1 saturated carbocycles. The molecule has 6 nitrogen and oxygen atoms in total. The fourth-order valence-electron chi connectivity index (χ4n) is 5.03. The maximum absolute atomic E-state index is 13.2. The van der Waals surface area contributed by atoms with E-state index in [-0.39, 0.29) is 23.8 Å². The number of hydrogen-bond acceptors (Lipinski definition) is 5. The van der Waals surface area contributed by atoms with Gasteiger partial charge < -0.3 is 15.2 Å². The molecule has 1 fully saturated rings. The van der Waals surface area contributed by atoms with Gasteiger partial charge in [0, 0.05) is 4.88 Å². The number of carboxylic acids is 1. The fraction of sp³-hybridized carbons (Fsp3) is 0.591. The Morgan fingerprint density at radius 2 is 1.76 bits per heavy atom. The number of carbonyl (C=O) groups excluding carboxylic acids is 2. The summed E-state index contributed by atoms with van der Waals surface area (Å²) in [5, 5.41) is 13.2. The standard InChI is InChI=1S/C22H27NO5S/c1-11(2)28-22(27)18-14-5-3-4-6-15(14)29-20(18)23-19(24)16-12-7-9-13(10-8-12)17(16)21(25)26/h7,9,11-13,16-17H,3-6,8,10H2,1-2H3,(H,23,24)(H,25,26). The van der Waals surface area contributed by atoms with Crippen molar-refractivity contribution in [3.05, 3.63) is 28.2 Å². The van der Waals surface area contributed by atoms with Crippen LogP contribution in [0.3, 0.4) is 0 Å². The third kappa shape index (κ3) is 3.72. The maximum Gasteiger partial charge on any atom is 0.341 e. The van der Waals surface area contributed by atoms with Crippen LogP contribution >= 0.6 is 11.3 Å². The van der Waals surface area contributed by atoms with Crippen LogP contribution in [-0.2, 0) is 27.2 Å². The molecule has 4 unspecified atom stereocenters. The van der Waals surface area contributed by atoms with Crippen LogP contribution in [0, 0.1) is 23.7 Å². The number of amides is 1. The average molecular weight is 418 g/mol. The first-order chi connectivity index (χ1) is 13.9. The molecule has 4 atom stereocenters. The average Bonchev–Trinajstić information content (AvgIpc) is 3.05. The lowest BCUT2D eigenvalue weighted by atomic mass is 9.62. The smallest absolute Gasteiger partial charge is 0.341 e. The number of aliphatic carboxylic acids is 1. The molecule has 0 spiro atoms. The lowest BCUT2D eigenvalue weighted by Crippen LogP contribution is -2.47. The minimum atomic E-state index is -0.922. The summed E-state index contributed by atoms with van der Waals surface area (Å²) in [6.45, 7) is 3.61. The number of anilines is 1. The van der Waals surface area contributed by atoms with E-state index in [2.05, 4.69) is 5.32 Å². The van der Waals surface area contributed by atoms with E-state index in [9.17, 15) is 19.5 Å². The van der Waals surface area contributed by atoms with Gasteiger partial charge in [0.05, 0.1) is 23.5 Å². The first-order valence-corrected chi connectivity index (χ1v) is 11.3. The number of nitrogens with one attached hydrogen (secondary N) is 1. The van der Waals surface area contributed by atoms with Gasteiger partial charge in [0.15, 0.2) is 0 Å². The molecule has 1 aromatic rings. The van der Waals surface area contributed by atoms with Gasteiger partial charge in [-0.15, -0.1) is 11.3 Å². The van der Waals surface area contributed by atoms with Crippen molar-refractivity contribution in [3.8, 4) is 0 Å². The molecular weight excluding hydrogens is 390 g/mol. The van der Waals surface area contributed by atoms with Crippen molar-refractivity contribution in [1.82, 2.24) is 0 Å². The lowest BCUT2D eigenvalue weighted by Gasteiger charge is -2.41. The lowest BCUT2D eigenvalue weighted by molar-refractivity contribution is -0.151. The van der Waals surface area contributed by atoms with Crippen molar-refractivity contribution >= 4 is 34.2 Å². The third-order valence-corrected chi connectivity index (χ3v) is 7.50. The Bertz CT molecular complexity index is 871. The molecular formula is C22H27NO5S. The molecule has 156 valence electrons. The van der Waals surface area contributed by atoms with Crippen LogP contribution in [0.5, 0.6) is 0 Å². The van der Waals surface area contributed by atoms with E-state index in [1.807, 2.05) is 12.2 Å². The second-order valence-corrected chi connectivity index (χ2v) is 9.64. The van der Waals surface area contributed by atoms with Gasteiger partial charge in [0.1, 0.15) is 5.00 Å². The van der Waals surface area contributed by atoms with E-state index < -0.39 is 23.8 Å². The van der Waals surface area contributed by atoms with Gasteiger partial charge in [-0.1, -0.05) is 12.2 Å². The number of esters is 1. The molecule has 0 aromatic carbocycles. The highest BCUT2D eigenvalue weighted by Crippen LogP contribution is 2.46. The van der Waals surface area contributed by atoms with Gasteiger partial charge in [-0.25, -0.2) is 4.79 Å². The van der Waals surface area contributed by atoms with Crippen LogP contribution < -0.4 is 5.32 Å². The molecule has 0 radical (unpaired) electrons. The number of carboxylic acid groups (broad SMARTS) is 1. The van der Waals surface area contributed by atoms with Crippen molar-refractivity contribution in [1.29, 1.82) is 0 Å². The number of carbonyl (C=O) groups is 3. The summed E-state index contributed by atoms with van der Waals surface area (Å²) in [6.07, 6.45) is 9.10. The molecule has 29 heavy (non-hydrogen) atoms. The summed E-state index contributed by atoms with van der Waals surface area (Å²) in [5.41, 5.74) is 1.46. The molecule has 0 saturated heterocycles.